The summed E-state index contributed by atoms with van der Waals surface area (Å²) < 4.78 is 26.3. The average molecular weight is 281 g/mol. The van der Waals surface area contributed by atoms with Crippen molar-refractivity contribution in [3.05, 3.63) is 70.2 Å². The average Bonchev–Trinajstić information content (AvgIpc) is 2.38. The number of carbonyl (C=O) groups is 1. The van der Waals surface area contributed by atoms with E-state index in [-0.39, 0.29) is 35.0 Å². The first kappa shape index (κ1) is 13.7. The molecule has 0 fully saturated rings. The van der Waals surface area contributed by atoms with Crippen LogP contribution in [0.15, 0.2) is 42.5 Å². The van der Waals surface area contributed by atoms with Crippen molar-refractivity contribution >= 4 is 17.4 Å². The zero-order valence-corrected chi connectivity index (χ0v) is 10.8. The van der Waals surface area contributed by atoms with Gasteiger partial charge in [0.15, 0.2) is 0 Å². The van der Waals surface area contributed by atoms with Crippen LogP contribution in [0, 0.1) is 11.6 Å². The van der Waals surface area contributed by atoms with Gasteiger partial charge in [-0.1, -0.05) is 35.9 Å². The number of Topliss-reactive ketones (excluding diaryl/α,β-unsaturated/α-hetero) is 1. The first-order valence-electron chi connectivity index (χ1n) is 5.75. The molecule has 1 nitrogen and oxygen atoms in total. The van der Waals surface area contributed by atoms with E-state index in [1.165, 1.54) is 24.3 Å². The normalized spacial score (nSPS) is 10.5. The molecule has 0 aliphatic heterocycles. The van der Waals surface area contributed by atoms with Crippen molar-refractivity contribution in [1.82, 2.24) is 0 Å². The predicted octanol–water partition coefficient (Wildman–Crippen LogP) is 3.97. The zero-order valence-electron chi connectivity index (χ0n) is 10.00. The maximum absolute atomic E-state index is 13.6. The molecule has 2 aromatic carbocycles. The molecule has 0 aliphatic carbocycles. The highest BCUT2D eigenvalue weighted by molar-refractivity contribution is 6.30. The highest BCUT2D eigenvalue weighted by Gasteiger charge is 2.11. The molecule has 0 unspecified atom stereocenters. The van der Waals surface area contributed by atoms with E-state index in [0.717, 1.165) is 0 Å². The van der Waals surface area contributed by atoms with E-state index in [1.807, 2.05) is 0 Å². The van der Waals surface area contributed by atoms with Crippen LogP contribution in [0.3, 0.4) is 0 Å². The quantitative estimate of drug-likeness (QED) is 0.828. The topological polar surface area (TPSA) is 17.1 Å². The Morgan fingerprint density at radius 2 is 1.68 bits per heavy atom. The summed E-state index contributed by atoms with van der Waals surface area (Å²) in [7, 11) is 0. The highest BCUT2D eigenvalue weighted by atomic mass is 35.5. The summed E-state index contributed by atoms with van der Waals surface area (Å²) in [4.78, 5) is 11.8. The summed E-state index contributed by atoms with van der Waals surface area (Å²) in [5, 5.41) is 0.00656. The Bertz CT molecular complexity index is 594. The van der Waals surface area contributed by atoms with Crippen molar-refractivity contribution in [2.24, 2.45) is 0 Å². The second-order valence-electron chi connectivity index (χ2n) is 4.23. The number of hydrogen-bond donors (Lipinski definition) is 0. The SMILES string of the molecule is O=C(Cc1ccc(F)cc1)Cc1cccc(Cl)c1F. The summed E-state index contributed by atoms with van der Waals surface area (Å²) in [6.07, 6.45) is 0.121. The van der Waals surface area contributed by atoms with Gasteiger partial charge in [0.05, 0.1) is 5.02 Å². The summed E-state index contributed by atoms with van der Waals surface area (Å²) >= 11 is 5.65. The smallest absolute Gasteiger partial charge is 0.145 e. The van der Waals surface area contributed by atoms with Gasteiger partial charge in [-0.3, -0.25) is 4.79 Å². The van der Waals surface area contributed by atoms with Crippen molar-refractivity contribution in [1.29, 1.82) is 0 Å². The molecule has 0 spiro atoms. The number of benzene rings is 2. The number of rotatable bonds is 4. The minimum absolute atomic E-state index is 0.00656. The standard InChI is InChI=1S/C15H11ClF2O/c16-14-3-1-2-11(15(14)18)9-13(19)8-10-4-6-12(17)7-5-10/h1-7H,8-9H2. The molecule has 0 N–H and O–H groups in total. The van der Waals surface area contributed by atoms with Crippen LogP contribution in [0.4, 0.5) is 8.78 Å². The van der Waals surface area contributed by atoms with Gasteiger partial charge in [0.2, 0.25) is 0 Å². The summed E-state index contributed by atoms with van der Waals surface area (Å²) in [6, 6.07) is 10.2. The molecule has 2 rings (SSSR count). The number of carbonyl (C=O) groups excluding carboxylic acids is 1. The molecule has 0 radical (unpaired) electrons. The molecule has 19 heavy (non-hydrogen) atoms. The van der Waals surface area contributed by atoms with Crippen molar-refractivity contribution in [3.63, 3.8) is 0 Å². The maximum Gasteiger partial charge on any atom is 0.145 e. The summed E-state index contributed by atoms with van der Waals surface area (Å²) in [6.45, 7) is 0. The second kappa shape index (κ2) is 5.93. The fourth-order valence-electron chi connectivity index (χ4n) is 1.79. The molecule has 4 heteroatoms. The lowest BCUT2D eigenvalue weighted by molar-refractivity contribution is -0.117. The van der Waals surface area contributed by atoms with E-state index < -0.39 is 5.82 Å². The highest BCUT2D eigenvalue weighted by Crippen LogP contribution is 2.18. The van der Waals surface area contributed by atoms with E-state index in [0.29, 0.717) is 5.56 Å². The third kappa shape index (κ3) is 3.61. The fourth-order valence-corrected chi connectivity index (χ4v) is 1.98. The maximum atomic E-state index is 13.6. The van der Waals surface area contributed by atoms with E-state index in [9.17, 15) is 13.6 Å². The van der Waals surface area contributed by atoms with E-state index in [4.69, 9.17) is 11.6 Å². The Balaban J connectivity index is 2.05. The van der Waals surface area contributed by atoms with Crippen LogP contribution in [-0.4, -0.2) is 5.78 Å². The molecule has 0 saturated heterocycles. The van der Waals surface area contributed by atoms with Crippen molar-refractivity contribution < 1.29 is 13.6 Å². The minimum atomic E-state index is -0.559. The molecule has 0 aliphatic rings. The number of halogens is 3. The van der Waals surface area contributed by atoms with Gasteiger partial charge in [0.25, 0.3) is 0 Å². The van der Waals surface area contributed by atoms with Gasteiger partial charge < -0.3 is 0 Å². The number of hydrogen-bond acceptors (Lipinski definition) is 1. The van der Waals surface area contributed by atoms with Gasteiger partial charge in [-0.15, -0.1) is 0 Å². The molecule has 98 valence electrons. The molecular formula is C15H11ClF2O. The fraction of sp³-hybridized carbons (Fsp3) is 0.133. The van der Waals surface area contributed by atoms with Gasteiger partial charge in [0, 0.05) is 12.8 Å². The van der Waals surface area contributed by atoms with Gasteiger partial charge in [0.1, 0.15) is 17.4 Å². The molecule has 0 amide bonds. The molecule has 0 bridgehead atoms. The Morgan fingerprint density at radius 1 is 1.00 bits per heavy atom. The molecule has 0 atom stereocenters. The van der Waals surface area contributed by atoms with Crippen molar-refractivity contribution in [3.8, 4) is 0 Å². The molecule has 0 saturated carbocycles. The molecule has 0 aromatic heterocycles. The Morgan fingerprint density at radius 3 is 2.37 bits per heavy atom. The molecule has 0 heterocycles. The van der Waals surface area contributed by atoms with E-state index in [1.54, 1.807) is 18.2 Å². The monoisotopic (exact) mass is 280 g/mol. The number of ketones is 1. The van der Waals surface area contributed by atoms with E-state index >= 15 is 0 Å². The first-order chi connectivity index (χ1) is 9.06. The molecule has 2 aromatic rings. The predicted molar refractivity (Wildman–Crippen MR) is 70.2 cm³/mol. The third-order valence-corrected chi connectivity index (χ3v) is 3.03. The van der Waals surface area contributed by atoms with Gasteiger partial charge >= 0.3 is 0 Å². The van der Waals surface area contributed by atoms with Crippen LogP contribution in [-0.2, 0) is 17.6 Å². The van der Waals surface area contributed by atoms with Crippen LogP contribution in [0.1, 0.15) is 11.1 Å². The van der Waals surface area contributed by atoms with Crippen LogP contribution in [0.5, 0.6) is 0 Å². The van der Waals surface area contributed by atoms with Gasteiger partial charge in [-0.2, -0.15) is 0 Å². The Labute approximate surface area is 114 Å². The van der Waals surface area contributed by atoms with Gasteiger partial charge in [-0.05, 0) is 29.3 Å². The lowest BCUT2D eigenvalue weighted by Gasteiger charge is -2.04. The third-order valence-electron chi connectivity index (χ3n) is 2.73. The first-order valence-corrected chi connectivity index (χ1v) is 6.13. The minimum Gasteiger partial charge on any atom is -0.299 e. The van der Waals surface area contributed by atoms with Crippen LogP contribution in [0.25, 0.3) is 0 Å². The Hall–Kier alpha value is -1.74. The molecular weight excluding hydrogens is 270 g/mol. The van der Waals surface area contributed by atoms with Crippen LogP contribution < -0.4 is 0 Å². The van der Waals surface area contributed by atoms with E-state index in [2.05, 4.69) is 0 Å². The van der Waals surface area contributed by atoms with Crippen LogP contribution in [0.2, 0.25) is 5.02 Å². The largest absolute Gasteiger partial charge is 0.299 e. The van der Waals surface area contributed by atoms with Gasteiger partial charge in [-0.25, -0.2) is 8.78 Å². The summed E-state index contributed by atoms with van der Waals surface area (Å²) in [5.41, 5.74) is 0.980. The summed E-state index contributed by atoms with van der Waals surface area (Å²) in [5.74, 6) is -1.05. The van der Waals surface area contributed by atoms with Crippen molar-refractivity contribution in [2.75, 3.05) is 0 Å². The Kier molecular flexibility index (Phi) is 4.27. The lowest BCUT2D eigenvalue weighted by atomic mass is 10.0. The van der Waals surface area contributed by atoms with Crippen molar-refractivity contribution in [2.45, 2.75) is 12.8 Å². The van der Waals surface area contributed by atoms with Crippen LogP contribution >= 0.6 is 11.6 Å². The zero-order chi connectivity index (χ0) is 13.8. The lowest BCUT2D eigenvalue weighted by Crippen LogP contribution is -2.08. The second-order valence-corrected chi connectivity index (χ2v) is 4.64.